The number of rotatable bonds is 3. The van der Waals surface area contributed by atoms with Gasteiger partial charge in [0.05, 0.1) is 13.3 Å². The number of benzene rings is 1. The number of nitrogens with zero attached hydrogens (tertiary/aromatic N) is 4. The second kappa shape index (κ2) is 8.16. The molecule has 7 nitrogen and oxygen atoms in total. The van der Waals surface area contributed by atoms with Crippen molar-refractivity contribution in [3.05, 3.63) is 53.1 Å². The largest absolute Gasteiger partial charge is 0.496 e. The molecular formula is C20H24N4O3. The van der Waals surface area contributed by atoms with Gasteiger partial charge in [-0.2, -0.15) is 0 Å². The highest BCUT2D eigenvalue weighted by molar-refractivity contribution is 5.96. The van der Waals surface area contributed by atoms with Crippen LogP contribution in [0.3, 0.4) is 0 Å². The van der Waals surface area contributed by atoms with Gasteiger partial charge >= 0.3 is 0 Å². The maximum atomic E-state index is 13.0. The summed E-state index contributed by atoms with van der Waals surface area (Å²) in [5.41, 5.74) is 2.83. The van der Waals surface area contributed by atoms with E-state index >= 15 is 0 Å². The van der Waals surface area contributed by atoms with Crippen LogP contribution in [0.1, 0.15) is 38.4 Å². The highest BCUT2D eigenvalue weighted by Crippen LogP contribution is 2.24. The molecule has 1 saturated heterocycles. The van der Waals surface area contributed by atoms with Gasteiger partial charge in [-0.1, -0.05) is 0 Å². The van der Waals surface area contributed by atoms with E-state index in [1.807, 2.05) is 30.9 Å². The molecule has 0 saturated carbocycles. The summed E-state index contributed by atoms with van der Waals surface area (Å²) in [6, 6.07) is 3.77. The van der Waals surface area contributed by atoms with Gasteiger partial charge in [0.2, 0.25) is 0 Å². The van der Waals surface area contributed by atoms with Crippen LogP contribution in [0, 0.1) is 13.8 Å². The summed E-state index contributed by atoms with van der Waals surface area (Å²) in [5.74, 6) is 0.626. The molecule has 0 atom stereocenters. The van der Waals surface area contributed by atoms with Crippen molar-refractivity contribution in [2.75, 3.05) is 33.3 Å². The zero-order valence-electron chi connectivity index (χ0n) is 15.9. The molecule has 1 fully saturated rings. The van der Waals surface area contributed by atoms with Gasteiger partial charge in [-0.15, -0.1) is 0 Å². The monoisotopic (exact) mass is 368 g/mol. The van der Waals surface area contributed by atoms with E-state index < -0.39 is 0 Å². The molecule has 1 aliphatic heterocycles. The summed E-state index contributed by atoms with van der Waals surface area (Å²) >= 11 is 0. The van der Waals surface area contributed by atoms with Gasteiger partial charge in [0.1, 0.15) is 11.4 Å². The minimum absolute atomic E-state index is 0.00736. The third kappa shape index (κ3) is 4.07. The number of aryl methyl sites for hydroxylation is 2. The Morgan fingerprint density at radius 3 is 2.30 bits per heavy atom. The van der Waals surface area contributed by atoms with Gasteiger partial charge < -0.3 is 14.5 Å². The predicted octanol–water partition coefficient (Wildman–Crippen LogP) is 2.09. The van der Waals surface area contributed by atoms with Crippen molar-refractivity contribution in [1.29, 1.82) is 0 Å². The number of hydrogen-bond donors (Lipinski definition) is 0. The highest BCUT2D eigenvalue weighted by Gasteiger charge is 2.25. The van der Waals surface area contributed by atoms with Crippen LogP contribution in [-0.2, 0) is 0 Å². The van der Waals surface area contributed by atoms with Gasteiger partial charge in [-0.05, 0) is 43.5 Å². The van der Waals surface area contributed by atoms with Crippen LogP contribution in [0.2, 0.25) is 0 Å². The first-order valence-corrected chi connectivity index (χ1v) is 9.01. The molecule has 2 heterocycles. The van der Waals surface area contributed by atoms with E-state index in [-0.39, 0.29) is 11.8 Å². The topological polar surface area (TPSA) is 75.6 Å². The molecule has 3 rings (SSSR count). The lowest BCUT2D eigenvalue weighted by Gasteiger charge is -2.23. The summed E-state index contributed by atoms with van der Waals surface area (Å²) in [5, 5.41) is 0. The summed E-state index contributed by atoms with van der Waals surface area (Å²) < 4.78 is 5.33. The Morgan fingerprint density at radius 1 is 0.963 bits per heavy atom. The fourth-order valence-electron chi connectivity index (χ4n) is 3.31. The van der Waals surface area contributed by atoms with Gasteiger partial charge in [0.25, 0.3) is 11.8 Å². The predicted molar refractivity (Wildman–Crippen MR) is 101 cm³/mol. The maximum absolute atomic E-state index is 13.0. The minimum atomic E-state index is -0.145. The average Bonchev–Trinajstić information content (AvgIpc) is 2.95. The lowest BCUT2D eigenvalue weighted by Crippen LogP contribution is -2.37. The van der Waals surface area contributed by atoms with E-state index in [1.165, 1.54) is 12.4 Å². The number of aromatic nitrogens is 2. The molecule has 2 aromatic rings. The Hall–Kier alpha value is -2.96. The number of carbonyl (C=O) groups excluding carboxylic acids is 2. The van der Waals surface area contributed by atoms with E-state index in [0.29, 0.717) is 37.4 Å². The fraction of sp³-hybridized carbons (Fsp3) is 0.400. The molecule has 1 aliphatic rings. The molecule has 27 heavy (non-hydrogen) atoms. The third-order valence-electron chi connectivity index (χ3n) is 4.82. The summed E-state index contributed by atoms with van der Waals surface area (Å²) in [6.45, 7) is 6.04. The number of amides is 2. The molecule has 0 N–H and O–H groups in total. The molecule has 1 aromatic heterocycles. The van der Waals surface area contributed by atoms with Gasteiger partial charge in [-0.25, -0.2) is 4.98 Å². The van der Waals surface area contributed by atoms with Crippen molar-refractivity contribution in [2.24, 2.45) is 0 Å². The molecule has 0 bridgehead atoms. The first-order valence-electron chi connectivity index (χ1n) is 9.01. The van der Waals surface area contributed by atoms with Crippen LogP contribution in [0.4, 0.5) is 0 Å². The second-order valence-electron chi connectivity index (χ2n) is 6.67. The van der Waals surface area contributed by atoms with Crippen LogP contribution in [0.15, 0.2) is 30.7 Å². The molecule has 1 aromatic carbocycles. The normalized spacial score (nSPS) is 14.6. The lowest BCUT2D eigenvalue weighted by molar-refractivity contribution is 0.0715. The number of hydrogen-bond acceptors (Lipinski definition) is 5. The van der Waals surface area contributed by atoms with Crippen molar-refractivity contribution < 1.29 is 14.3 Å². The first-order chi connectivity index (χ1) is 13.0. The van der Waals surface area contributed by atoms with E-state index in [9.17, 15) is 9.59 Å². The number of ether oxygens (including phenoxy) is 1. The van der Waals surface area contributed by atoms with Crippen LogP contribution >= 0.6 is 0 Å². The van der Waals surface area contributed by atoms with E-state index in [2.05, 4.69) is 9.97 Å². The Kier molecular flexibility index (Phi) is 5.69. The van der Waals surface area contributed by atoms with E-state index in [0.717, 1.165) is 23.3 Å². The van der Waals surface area contributed by atoms with Crippen molar-refractivity contribution in [3.8, 4) is 5.75 Å². The van der Waals surface area contributed by atoms with Gasteiger partial charge in [0.15, 0.2) is 0 Å². The Bertz CT molecular complexity index is 839. The molecule has 0 spiro atoms. The molecule has 0 unspecified atom stereocenters. The van der Waals surface area contributed by atoms with Gasteiger partial charge in [-0.3, -0.25) is 14.6 Å². The molecule has 2 amide bonds. The Morgan fingerprint density at radius 2 is 1.67 bits per heavy atom. The molecule has 0 aliphatic carbocycles. The van der Waals surface area contributed by atoms with Crippen molar-refractivity contribution in [1.82, 2.24) is 19.8 Å². The zero-order valence-corrected chi connectivity index (χ0v) is 15.9. The van der Waals surface area contributed by atoms with Gasteiger partial charge in [0, 0.05) is 44.1 Å². The van der Waals surface area contributed by atoms with E-state index in [1.54, 1.807) is 18.2 Å². The Balaban J connectivity index is 1.72. The first kappa shape index (κ1) is 18.8. The molecular weight excluding hydrogens is 344 g/mol. The average molecular weight is 368 g/mol. The standard InChI is InChI=1S/C20H24N4O3/c1-14-12-18(27-3)15(2)11-16(14)19(25)23-7-4-8-24(10-9-23)20(26)17-13-21-5-6-22-17/h5-6,11-13H,4,7-10H2,1-3H3. The summed E-state index contributed by atoms with van der Waals surface area (Å²) in [7, 11) is 1.63. The van der Waals surface area contributed by atoms with Crippen molar-refractivity contribution in [2.45, 2.75) is 20.3 Å². The molecule has 7 heteroatoms. The van der Waals surface area contributed by atoms with Crippen LogP contribution in [0.5, 0.6) is 5.75 Å². The van der Waals surface area contributed by atoms with Crippen molar-refractivity contribution in [3.63, 3.8) is 0 Å². The highest BCUT2D eigenvalue weighted by atomic mass is 16.5. The molecule has 142 valence electrons. The fourth-order valence-corrected chi connectivity index (χ4v) is 3.31. The van der Waals surface area contributed by atoms with Crippen LogP contribution in [-0.4, -0.2) is 64.9 Å². The smallest absolute Gasteiger partial charge is 0.274 e. The summed E-state index contributed by atoms with van der Waals surface area (Å²) in [4.78, 5) is 37.2. The minimum Gasteiger partial charge on any atom is -0.496 e. The number of carbonyl (C=O) groups is 2. The SMILES string of the molecule is COc1cc(C)c(C(=O)N2CCCN(C(=O)c3cnccn3)CC2)cc1C. The second-order valence-corrected chi connectivity index (χ2v) is 6.67. The number of methoxy groups -OCH3 is 1. The van der Waals surface area contributed by atoms with E-state index in [4.69, 9.17) is 4.74 Å². The third-order valence-corrected chi connectivity index (χ3v) is 4.82. The van der Waals surface area contributed by atoms with Crippen LogP contribution in [0.25, 0.3) is 0 Å². The lowest BCUT2D eigenvalue weighted by atomic mass is 10.0. The molecule has 0 radical (unpaired) electrons. The maximum Gasteiger partial charge on any atom is 0.274 e. The summed E-state index contributed by atoms with van der Waals surface area (Å²) in [6.07, 6.45) is 5.25. The van der Waals surface area contributed by atoms with Crippen molar-refractivity contribution >= 4 is 11.8 Å². The zero-order chi connectivity index (χ0) is 19.4. The quantitative estimate of drug-likeness (QED) is 0.829. The van der Waals surface area contributed by atoms with Crippen LogP contribution < -0.4 is 4.74 Å². The Labute approximate surface area is 159 Å².